The largest absolute Gasteiger partial charge is 0.381 e. The molecule has 6 heteroatoms. The Morgan fingerprint density at radius 3 is 2.55 bits per heavy atom. The summed E-state index contributed by atoms with van der Waals surface area (Å²) in [5.74, 6) is 0.950. The maximum absolute atomic E-state index is 5.68. The number of nitrogens with zero attached hydrogens (tertiary/aromatic N) is 3. The topological polar surface area (TPSA) is 52.1 Å². The normalized spacial score (nSPS) is 20.7. The maximum atomic E-state index is 5.68. The highest BCUT2D eigenvalue weighted by Gasteiger charge is 2.39. The van der Waals surface area contributed by atoms with Gasteiger partial charge in [0.25, 0.3) is 0 Å². The summed E-state index contributed by atoms with van der Waals surface area (Å²) >= 11 is 0. The van der Waals surface area contributed by atoms with Crippen LogP contribution in [0.25, 0.3) is 0 Å². The fourth-order valence-corrected chi connectivity index (χ4v) is 4.73. The van der Waals surface area contributed by atoms with Crippen LogP contribution >= 0.6 is 0 Å². The van der Waals surface area contributed by atoms with E-state index in [1.165, 1.54) is 31.5 Å². The van der Waals surface area contributed by atoms with Crippen molar-refractivity contribution in [2.75, 3.05) is 53.0 Å². The lowest BCUT2D eigenvalue weighted by Crippen LogP contribution is -2.54. The van der Waals surface area contributed by atoms with Gasteiger partial charge in [-0.25, -0.2) is 0 Å². The number of rotatable bonds is 10. The molecule has 2 saturated heterocycles. The number of benzene rings is 1. The van der Waals surface area contributed by atoms with E-state index in [0.717, 1.165) is 64.6 Å². The molecular formula is C25H43N5O. The highest BCUT2D eigenvalue weighted by Crippen LogP contribution is 2.31. The quantitative estimate of drug-likeness (QED) is 0.442. The Hall–Kier alpha value is -1.63. The van der Waals surface area contributed by atoms with E-state index in [0.29, 0.717) is 6.04 Å². The van der Waals surface area contributed by atoms with Gasteiger partial charge in [0, 0.05) is 44.4 Å². The lowest BCUT2D eigenvalue weighted by atomic mass is 9.88. The summed E-state index contributed by atoms with van der Waals surface area (Å²) in [5.41, 5.74) is 1.55. The van der Waals surface area contributed by atoms with Crippen LogP contribution in [-0.2, 0) is 11.3 Å². The average Bonchev–Trinajstić information content (AvgIpc) is 3.34. The zero-order chi connectivity index (χ0) is 21.9. The minimum Gasteiger partial charge on any atom is -0.381 e. The predicted molar refractivity (Wildman–Crippen MR) is 130 cm³/mol. The van der Waals surface area contributed by atoms with E-state index in [1.54, 1.807) is 0 Å². The highest BCUT2D eigenvalue weighted by atomic mass is 16.5. The van der Waals surface area contributed by atoms with E-state index in [2.05, 4.69) is 71.7 Å². The van der Waals surface area contributed by atoms with Crippen molar-refractivity contribution in [3.8, 4) is 0 Å². The molecule has 0 saturated carbocycles. The average molecular weight is 430 g/mol. The Bertz CT molecular complexity index is 653. The number of likely N-dealkylation sites (tertiary alicyclic amines) is 1. The third-order valence-corrected chi connectivity index (χ3v) is 6.96. The molecule has 2 fully saturated rings. The molecule has 2 N–H and O–H groups in total. The lowest BCUT2D eigenvalue weighted by Gasteiger charge is -2.43. The molecule has 0 aromatic heterocycles. The van der Waals surface area contributed by atoms with Crippen molar-refractivity contribution in [1.29, 1.82) is 0 Å². The van der Waals surface area contributed by atoms with Crippen molar-refractivity contribution < 1.29 is 4.74 Å². The smallest absolute Gasteiger partial charge is 0.191 e. The summed E-state index contributed by atoms with van der Waals surface area (Å²) in [6.45, 7) is 12.2. The zero-order valence-electron chi connectivity index (χ0n) is 19.9. The maximum Gasteiger partial charge on any atom is 0.191 e. The molecule has 0 spiro atoms. The first-order chi connectivity index (χ1) is 15.1. The van der Waals surface area contributed by atoms with Crippen LogP contribution in [0.15, 0.2) is 35.3 Å². The summed E-state index contributed by atoms with van der Waals surface area (Å²) in [6.07, 6.45) is 5.91. The van der Waals surface area contributed by atoms with Crippen LogP contribution in [0.3, 0.4) is 0 Å². The van der Waals surface area contributed by atoms with Gasteiger partial charge in [0.2, 0.25) is 0 Å². The van der Waals surface area contributed by atoms with Crippen LogP contribution in [0.1, 0.15) is 51.5 Å². The third-order valence-electron chi connectivity index (χ3n) is 6.96. The van der Waals surface area contributed by atoms with Crippen molar-refractivity contribution in [2.24, 2.45) is 4.99 Å². The second kappa shape index (κ2) is 12.4. The van der Waals surface area contributed by atoms with E-state index in [4.69, 9.17) is 9.73 Å². The van der Waals surface area contributed by atoms with E-state index in [9.17, 15) is 0 Å². The molecule has 174 valence electrons. The van der Waals surface area contributed by atoms with Crippen molar-refractivity contribution in [3.63, 3.8) is 0 Å². The number of hydrogen-bond acceptors (Lipinski definition) is 4. The Morgan fingerprint density at radius 2 is 1.87 bits per heavy atom. The molecule has 2 aliphatic heterocycles. The second-order valence-electron chi connectivity index (χ2n) is 9.19. The summed E-state index contributed by atoms with van der Waals surface area (Å²) in [5, 5.41) is 7.03. The van der Waals surface area contributed by atoms with Crippen molar-refractivity contribution in [3.05, 3.63) is 35.9 Å². The van der Waals surface area contributed by atoms with Crippen LogP contribution in [0, 0.1) is 0 Å². The molecule has 0 bridgehead atoms. The number of hydrogen-bond donors (Lipinski definition) is 2. The minimum absolute atomic E-state index is 0.181. The van der Waals surface area contributed by atoms with Crippen LogP contribution in [0.5, 0.6) is 0 Å². The first kappa shape index (κ1) is 24.0. The van der Waals surface area contributed by atoms with Gasteiger partial charge < -0.3 is 15.4 Å². The molecule has 2 heterocycles. The van der Waals surface area contributed by atoms with E-state index < -0.39 is 0 Å². The van der Waals surface area contributed by atoms with Crippen molar-refractivity contribution in [1.82, 2.24) is 20.4 Å². The van der Waals surface area contributed by atoms with Crippen LogP contribution < -0.4 is 10.6 Å². The Labute approximate surface area is 189 Å². The Morgan fingerprint density at radius 1 is 1.16 bits per heavy atom. The number of nitrogens with one attached hydrogen (secondary N) is 2. The second-order valence-corrected chi connectivity index (χ2v) is 9.19. The van der Waals surface area contributed by atoms with E-state index >= 15 is 0 Å². The molecule has 1 aromatic rings. The van der Waals surface area contributed by atoms with Gasteiger partial charge >= 0.3 is 0 Å². The molecule has 1 atom stereocenters. The monoisotopic (exact) mass is 429 g/mol. The summed E-state index contributed by atoms with van der Waals surface area (Å²) in [7, 11) is 2.21. The van der Waals surface area contributed by atoms with Crippen LogP contribution in [-0.4, -0.2) is 80.3 Å². The highest BCUT2D eigenvalue weighted by molar-refractivity contribution is 5.79. The molecular weight excluding hydrogens is 386 g/mol. The number of ether oxygens (including phenoxy) is 1. The van der Waals surface area contributed by atoms with E-state index in [-0.39, 0.29) is 5.54 Å². The molecule has 31 heavy (non-hydrogen) atoms. The van der Waals surface area contributed by atoms with Gasteiger partial charge in [0.1, 0.15) is 0 Å². The van der Waals surface area contributed by atoms with Gasteiger partial charge in [-0.3, -0.25) is 14.8 Å². The third kappa shape index (κ3) is 7.19. The fraction of sp³-hybridized carbons (Fsp3) is 0.720. The minimum atomic E-state index is 0.181. The van der Waals surface area contributed by atoms with Crippen LogP contribution in [0.4, 0.5) is 0 Å². The molecule has 3 rings (SSSR count). The molecule has 1 unspecified atom stereocenters. The predicted octanol–water partition coefficient (Wildman–Crippen LogP) is 3.10. The molecule has 0 aliphatic carbocycles. The van der Waals surface area contributed by atoms with Gasteiger partial charge in [-0.05, 0) is 71.7 Å². The van der Waals surface area contributed by atoms with Crippen molar-refractivity contribution >= 4 is 5.96 Å². The van der Waals surface area contributed by atoms with Crippen LogP contribution in [0.2, 0.25) is 0 Å². The van der Waals surface area contributed by atoms with E-state index in [1.807, 2.05) is 0 Å². The standard InChI is InChI=1S/C25H43N5O/c1-4-26-24(27-15-12-22(2)29(3)20-23-10-6-5-7-11-23)28-21-25(13-18-31-19-14-25)30-16-8-9-17-30/h5-7,10-11,22H,4,8-9,12-21H2,1-3H3,(H2,26,27,28). The van der Waals surface area contributed by atoms with Gasteiger partial charge in [-0.15, -0.1) is 0 Å². The molecule has 1 aromatic carbocycles. The summed E-state index contributed by atoms with van der Waals surface area (Å²) in [6, 6.07) is 11.2. The Kier molecular flexibility index (Phi) is 9.62. The van der Waals surface area contributed by atoms with Crippen molar-refractivity contribution in [2.45, 2.75) is 64.1 Å². The number of aliphatic imine (C=N–C) groups is 1. The Balaban J connectivity index is 1.50. The van der Waals surface area contributed by atoms with Gasteiger partial charge in [0.05, 0.1) is 6.54 Å². The molecule has 2 aliphatic rings. The van der Waals surface area contributed by atoms with Gasteiger partial charge in [-0.2, -0.15) is 0 Å². The SMILES string of the molecule is CCNC(=NCC1(N2CCCC2)CCOCC1)NCCC(C)N(C)Cc1ccccc1. The molecule has 0 amide bonds. The van der Waals surface area contributed by atoms with Gasteiger partial charge in [0.15, 0.2) is 5.96 Å². The first-order valence-electron chi connectivity index (χ1n) is 12.2. The fourth-order valence-electron chi connectivity index (χ4n) is 4.73. The van der Waals surface area contributed by atoms with Gasteiger partial charge in [-0.1, -0.05) is 30.3 Å². The molecule has 6 nitrogen and oxygen atoms in total. The first-order valence-corrected chi connectivity index (χ1v) is 12.2. The summed E-state index contributed by atoms with van der Waals surface area (Å²) < 4.78 is 5.68. The lowest BCUT2D eigenvalue weighted by molar-refractivity contribution is -0.0139. The summed E-state index contributed by atoms with van der Waals surface area (Å²) in [4.78, 5) is 10.2. The molecule has 0 radical (unpaired) electrons. The number of guanidine groups is 1. The zero-order valence-corrected chi connectivity index (χ0v) is 19.9.